The summed E-state index contributed by atoms with van der Waals surface area (Å²) in [5, 5.41) is 15.1. The van der Waals surface area contributed by atoms with Crippen LogP contribution in [0.25, 0.3) is 0 Å². The van der Waals surface area contributed by atoms with Crippen LogP contribution >= 0.6 is 0 Å². The van der Waals surface area contributed by atoms with Gasteiger partial charge in [0, 0.05) is 30.2 Å². The summed E-state index contributed by atoms with van der Waals surface area (Å²) in [5.74, 6) is 0.262. The second-order valence-corrected chi connectivity index (χ2v) is 4.29. The summed E-state index contributed by atoms with van der Waals surface area (Å²) in [5.41, 5.74) is 1.51. The van der Waals surface area contributed by atoms with E-state index in [1.54, 1.807) is 12.3 Å². The molecule has 0 saturated carbocycles. The molecule has 0 aliphatic heterocycles. The highest BCUT2D eigenvalue weighted by atomic mass is 19.1. The lowest BCUT2D eigenvalue weighted by Crippen LogP contribution is -2.02. The van der Waals surface area contributed by atoms with E-state index in [9.17, 15) is 4.39 Å². The molecular weight excluding hydrogens is 255 g/mol. The molecule has 2 aromatic rings. The van der Waals surface area contributed by atoms with Gasteiger partial charge < -0.3 is 10.6 Å². The Morgan fingerprint density at radius 2 is 2.05 bits per heavy atom. The molecule has 1 aromatic carbocycles. The van der Waals surface area contributed by atoms with Crippen molar-refractivity contribution in [3.05, 3.63) is 47.9 Å². The van der Waals surface area contributed by atoms with Crippen LogP contribution in [0.3, 0.4) is 0 Å². The highest BCUT2D eigenvalue weighted by Crippen LogP contribution is 2.20. The van der Waals surface area contributed by atoms with Gasteiger partial charge in [0.15, 0.2) is 0 Å². The molecule has 102 valence electrons. The molecule has 0 atom stereocenters. The molecule has 2 N–H and O–H groups in total. The second kappa shape index (κ2) is 6.53. The van der Waals surface area contributed by atoms with E-state index in [1.807, 2.05) is 18.2 Å². The lowest BCUT2D eigenvalue weighted by molar-refractivity contribution is 0.624. The Labute approximate surface area is 117 Å². The Bertz CT molecular complexity index is 634. The van der Waals surface area contributed by atoms with Crippen LogP contribution in [-0.4, -0.2) is 11.5 Å². The largest absolute Gasteiger partial charge is 0.370 e. The number of anilines is 3. The van der Waals surface area contributed by atoms with Crippen molar-refractivity contribution in [2.75, 3.05) is 17.2 Å². The maximum atomic E-state index is 13.2. The number of benzene rings is 1. The van der Waals surface area contributed by atoms with Crippen LogP contribution in [0.2, 0.25) is 0 Å². The van der Waals surface area contributed by atoms with Gasteiger partial charge in [0.25, 0.3) is 0 Å². The molecule has 1 aromatic heterocycles. The van der Waals surface area contributed by atoms with Gasteiger partial charge >= 0.3 is 0 Å². The van der Waals surface area contributed by atoms with E-state index >= 15 is 0 Å². The molecule has 0 spiro atoms. The number of pyridine rings is 1. The van der Waals surface area contributed by atoms with Crippen molar-refractivity contribution in [1.29, 1.82) is 5.26 Å². The summed E-state index contributed by atoms with van der Waals surface area (Å²) in [6, 6.07) is 9.85. The van der Waals surface area contributed by atoms with Crippen LogP contribution in [0.15, 0.2) is 36.5 Å². The normalized spacial score (nSPS) is 9.85. The zero-order valence-electron chi connectivity index (χ0n) is 11.2. The maximum absolute atomic E-state index is 13.2. The molecule has 2 rings (SSSR count). The lowest BCUT2D eigenvalue weighted by Gasteiger charge is -2.09. The number of halogens is 1. The summed E-state index contributed by atoms with van der Waals surface area (Å²) >= 11 is 0. The molecule has 20 heavy (non-hydrogen) atoms. The Morgan fingerprint density at radius 1 is 1.25 bits per heavy atom. The molecule has 0 radical (unpaired) electrons. The predicted octanol–water partition coefficient (Wildman–Crippen LogP) is 3.66. The first-order valence-corrected chi connectivity index (χ1v) is 6.39. The quantitative estimate of drug-likeness (QED) is 0.870. The smallest absolute Gasteiger partial charge is 0.141 e. The van der Waals surface area contributed by atoms with Crippen molar-refractivity contribution >= 4 is 17.2 Å². The third kappa shape index (κ3) is 3.45. The van der Waals surface area contributed by atoms with Crippen molar-refractivity contribution in [2.45, 2.75) is 13.3 Å². The van der Waals surface area contributed by atoms with Crippen LogP contribution in [0.4, 0.5) is 21.6 Å². The van der Waals surface area contributed by atoms with Gasteiger partial charge in [0.2, 0.25) is 0 Å². The average molecular weight is 270 g/mol. The van der Waals surface area contributed by atoms with Crippen molar-refractivity contribution in [1.82, 2.24) is 4.98 Å². The molecule has 0 saturated heterocycles. The van der Waals surface area contributed by atoms with E-state index in [0.717, 1.165) is 24.5 Å². The fraction of sp³-hybridized carbons (Fsp3) is 0.200. The third-order valence-electron chi connectivity index (χ3n) is 2.69. The monoisotopic (exact) mass is 270 g/mol. The first kappa shape index (κ1) is 13.8. The highest BCUT2D eigenvalue weighted by Gasteiger charge is 2.03. The van der Waals surface area contributed by atoms with Gasteiger partial charge in [0.05, 0.1) is 5.56 Å². The Balaban J connectivity index is 2.15. The van der Waals surface area contributed by atoms with Crippen molar-refractivity contribution in [2.24, 2.45) is 0 Å². The third-order valence-corrected chi connectivity index (χ3v) is 2.69. The number of hydrogen-bond donors (Lipinski definition) is 2. The molecule has 0 amide bonds. The number of nitriles is 1. The van der Waals surface area contributed by atoms with Gasteiger partial charge in [-0.3, -0.25) is 0 Å². The standard InChI is InChI=1S/C15H15FN4/c1-2-6-18-15-9-13(5-7-19-15)20-12-3-4-14(16)11(8-12)10-17/h3-5,7-9H,2,6H2,1H3,(H2,18,19,20). The van der Waals surface area contributed by atoms with Crippen LogP contribution < -0.4 is 10.6 Å². The first-order valence-electron chi connectivity index (χ1n) is 6.39. The number of rotatable bonds is 5. The second-order valence-electron chi connectivity index (χ2n) is 4.29. The van der Waals surface area contributed by atoms with Crippen molar-refractivity contribution < 1.29 is 4.39 Å². The van der Waals surface area contributed by atoms with Crippen molar-refractivity contribution in [3.8, 4) is 6.07 Å². The Morgan fingerprint density at radius 3 is 2.80 bits per heavy atom. The van der Waals surface area contributed by atoms with Crippen LogP contribution in [0.5, 0.6) is 0 Å². The van der Waals surface area contributed by atoms with Gasteiger partial charge in [0.1, 0.15) is 17.7 Å². The molecule has 0 fully saturated rings. The zero-order chi connectivity index (χ0) is 14.4. The molecule has 0 bridgehead atoms. The summed E-state index contributed by atoms with van der Waals surface area (Å²) in [6.07, 6.45) is 2.71. The summed E-state index contributed by atoms with van der Waals surface area (Å²) in [4.78, 5) is 4.20. The van der Waals surface area contributed by atoms with E-state index in [1.165, 1.54) is 12.1 Å². The van der Waals surface area contributed by atoms with E-state index < -0.39 is 5.82 Å². The van der Waals surface area contributed by atoms with Gasteiger partial charge in [-0.05, 0) is 30.7 Å². The van der Waals surface area contributed by atoms with Gasteiger partial charge in [-0.25, -0.2) is 9.37 Å². The van der Waals surface area contributed by atoms with E-state index in [-0.39, 0.29) is 5.56 Å². The number of hydrogen-bond acceptors (Lipinski definition) is 4. The van der Waals surface area contributed by atoms with Gasteiger partial charge in [-0.2, -0.15) is 5.26 Å². The summed E-state index contributed by atoms with van der Waals surface area (Å²) in [6.45, 7) is 2.93. The fourth-order valence-corrected chi connectivity index (χ4v) is 1.71. The van der Waals surface area contributed by atoms with Crippen molar-refractivity contribution in [3.63, 3.8) is 0 Å². The van der Waals surface area contributed by atoms with Crippen LogP contribution in [0.1, 0.15) is 18.9 Å². The highest BCUT2D eigenvalue weighted by molar-refractivity contribution is 5.63. The predicted molar refractivity (Wildman–Crippen MR) is 77.4 cm³/mol. The minimum atomic E-state index is -0.516. The Hall–Kier alpha value is -2.61. The molecule has 5 heteroatoms. The van der Waals surface area contributed by atoms with Gasteiger partial charge in [-0.15, -0.1) is 0 Å². The molecule has 0 aliphatic rings. The number of nitrogens with zero attached hydrogens (tertiary/aromatic N) is 2. The minimum Gasteiger partial charge on any atom is -0.370 e. The van der Waals surface area contributed by atoms with E-state index in [0.29, 0.717) is 5.69 Å². The molecular formula is C15H15FN4. The maximum Gasteiger partial charge on any atom is 0.141 e. The number of nitrogens with one attached hydrogen (secondary N) is 2. The van der Waals surface area contributed by atoms with E-state index in [2.05, 4.69) is 22.5 Å². The van der Waals surface area contributed by atoms with E-state index in [4.69, 9.17) is 5.26 Å². The lowest BCUT2D eigenvalue weighted by atomic mass is 10.2. The SMILES string of the molecule is CCCNc1cc(Nc2ccc(F)c(C#N)c2)ccn1. The summed E-state index contributed by atoms with van der Waals surface area (Å²) < 4.78 is 13.2. The average Bonchev–Trinajstić information content (AvgIpc) is 2.47. The topological polar surface area (TPSA) is 60.7 Å². The van der Waals surface area contributed by atoms with Crippen LogP contribution in [0, 0.1) is 17.1 Å². The first-order chi connectivity index (χ1) is 9.72. The summed E-state index contributed by atoms with van der Waals surface area (Å²) in [7, 11) is 0. The molecule has 1 heterocycles. The van der Waals surface area contributed by atoms with Crippen LogP contribution in [-0.2, 0) is 0 Å². The number of aromatic nitrogens is 1. The van der Waals surface area contributed by atoms with Gasteiger partial charge in [-0.1, -0.05) is 6.92 Å². The Kier molecular flexibility index (Phi) is 4.51. The minimum absolute atomic E-state index is 0.0217. The zero-order valence-corrected chi connectivity index (χ0v) is 11.2. The fourth-order valence-electron chi connectivity index (χ4n) is 1.71. The molecule has 0 unspecified atom stereocenters. The molecule has 0 aliphatic carbocycles. The molecule has 4 nitrogen and oxygen atoms in total.